The Bertz CT molecular complexity index is 237. The first-order chi connectivity index (χ1) is 6.31. The third kappa shape index (κ3) is 2.44. The molecule has 0 aliphatic heterocycles. The highest BCUT2D eigenvalue weighted by atomic mass is 15.2. The van der Waals surface area contributed by atoms with E-state index in [1.54, 1.807) is 0 Å². The smallest absolute Gasteiger partial charge is 0.128 e. The third-order valence-corrected chi connectivity index (χ3v) is 2.30. The molecule has 1 aromatic heterocycles. The predicted octanol–water partition coefficient (Wildman–Crippen LogP) is 2.49. The van der Waals surface area contributed by atoms with E-state index >= 15 is 0 Å². The minimum absolute atomic E-state index is 1.02. The molecule has 0 aliphatic carbocycles. The first kappa shape index (κ1) is 10.0. The Morgan fingerprint density at radius 1 is 1.15 bits per heavy atom. The van der Waals surface area contributed by atoms with Gasteiger partial charge in [0.05, 0.1) is 0 Å². The van der Waals surface area contributed by atoms with Crippen molar-refractivity contribution >= 4 is 5.82 Å². The van der Waals surface area contributed by atoms with Crippen LogP contribution in [0.25, 0.3) is 0 Å². The summed E-state index contributed by atoms with van der Waals surface area (Å²) in [5.41, 5.74) is 1.30. The van der Waals surface area contributed by atoms with Crippen LogP contribution in [0.2, 0.25) is 0 Å². The van der Waals surface area contributed by atoms with E-state index in [1.807, 2.05) is 6.20 Å². The summed E-state index contributed by atoms with van der Waals surface area (Å²) < 4.78 is 0. The van der Waals surface area contributed by atoms with E-state index in [4.69, 9.17) is 0 Å². The van der Waals surface area contributed by atoms with Gasteiger partial charge in [-0.3, -0.25) is 0 Å². The number of anilines is 1. The highest BCUT2D eigenvalue weighted by Crippen LogP contribution is 2.10. The molecule has 0 spiro atoms. The van der Waals surface area contributed by atoms with Crippen LogP contribution < -0.4 is 4.90 Å². The average Bonchev–Trinajstić information content (AvgIpc) is 2.21. The average molecular weight is 178 g/mol. The van der Waals surface area contributed by atoms with Crippen molar-refractivity contribution in [3.63, 3.8) is 0 Å². The number of aryl methyl sites for hydroxylation is 1. The van der Waals surface area contributed by atoms with Gasteiger partial charge in [-0.1, -0.05) is 13.0 Å². The van der Waals surface area contributed by atoms with Crippen LogP contribution in [-0.2, 0) is 6.42 Å². The fourth-order valence-corrected chi connectivity index (χ4v) is 1.36. The maximum atomic E-state index is 4.42. The quantitative estimate of drug-likeness (QED) is 0.704. The summed E-state index contributed by atoms with van der Waals surface area (Å²) in [7, 11) is 0. The molecule has 1 heterocycles. The third-order valence-electron chi connectivity index (χ3n) is 2.30. The van der Waals surface area contributed by atoms with Gasteiger partial charge in [-0.05, 0) is 31.9 Å². The van der Waals surface area contributed by atoms with E-state index in [-0.39, 0.29) is 0 Å². The van der Waals surface area contributed by atoms with E-state index in [0.717, 1.165) is 25.3 Å². The van der Waals surface area contributed by atoms with Gasteiger partial charge in [-0.2, -0.15) is 0 Å². The predicted molar refractivity (Wildman–Crippen MR) is 57.2 cm³/mol. The first-order valence-corrected chi connectivity index (χ1v) is 5.01. The lowest BCUT2D eigenvalue weighted by Crippen LogP contribution is -2.22. The second kappa shape index (κ2) is 4.85. The van der Waals surface area contributed by atoms with Gasteiger partial charge in [-0.25, -0.2) is 4.98 Å². The zero-order valence-corrected chi connectivity index (χ0v) is 8.75. The fourth-order valence-electron chi connectivity index (χ4n) is 1.36. The summed E-state index contributed by atoms with van der Waals surface area (Å²) in [5.74, 6) is 1.09. The van der Waals surface area contributed by atoms with Crippen molar-refractivity contribution in [3.8, 4) is 0 Å². The van der Waals surface area contributed by atoms with Crippen molar-refractivity contribution in [1.29, 1.82) is 0 Å². The largest absolute Gasteiger partial charge is 0.357 e. The van der Waals surface area contributed by atoms with E-state index in [2.05, 4.69) is 42.8 Å². The fraction of sp³-hybridized carbons (Fsp3) is 0.545. The minimum Gasteiger partial charge on any atom is -0.357 e. The van der Waals surface area contributed by atoms with Crippen molar-refractivity contribution in [2.24, 2.45) is 0 Å². The lowest BCUT2D eigenvalue weighted by Gasteiger charge is -2.19. The molecule has 1 rings (SSSR count). The van der Waals surface area contributed by atoms with Gasteiger partial charge in [0.1, 0.15) is 5.82 Å². The molecule has 0 bridgehead atoms. The molecule has 0 saturated heterocycles. The summed E-state index contributed by atoms with van der Waals surface area (Å²) in [6.45, 7) is 8.50. The minimum atomic E-state index is 1.02. The summed E-state index contributed by atoms with van der Waals surface area (Å²) in [6, 6.07) is 4.26. The second-order valence-corrected chi connectivity index (χ2v) is 3.05. The number of aromatic nitrogens is 1. The molecule has 0 atom stereocenters. The van der Waals surface area contributed by atoms with Gasteiger partial charge < -0.3 is 4.90 Å². The molecule has 1 aromatic rings. The van der Waals surface area contributed by atoms with E-state index in [0.29, 0.717) is 0 Å². The summed E-state index contributed by atoms with van der Waals surface area (Å²) in [5, 5.41) is 0. The number of pyridine rings is 1. The highest BCUT2D eigenvalue weighted by Gasteiger charge is 2.01. The summed E-state index contributed by atoms with van der Waals surface area (Å²) in [4.78, 5) is 6.67. The van der Waals surface area contributed by atoms with Crippen LogP contribution in [0.15, 0.2) is 18.3 Å². The van der Waals surface area contributed by atoms with Crippen molar-refractivity contribution < 1.29 is 0 Å². The van der Waals surface area contributed by atoms with E-state index in [9.17, 15) is 0 Å². The van der Waals surface area contributed by atoms with Crippen LogP contribution >= 0.6 is 0 Å². The van der Waals surface area contributed by atoms with Gasteiger partial charge in [0.2, 0.25) is 0 Å². The molecule has 0 N–H and O–H groups in total. The van der Waals surface area contributed by atoms with Crippen molar-refractivity contribution in [3.05, 3.63) is 23.9 Å². The number of rotatable bonds is 4. The van der Waals surface area contributed by atoms with Gasteiger partial charge in [-0.15, -0.1) is 0 Å². The maximum absolute atomic E-state index is 4.42. The molecule has 0 radical (unpaired) electrons. The number of nitrogens with zero attached hydrogens (tertiary/aromatic N) is 2. The van der Waals surface area contributed by atoms with Gasteiger partial charge in [0.15, 0.2) is 0 Å². The van der Waals surface area contributed by atoms with Crippen molar-refractivity contribution in [1.82, 2.24) is 4.98 Å². The highest BCUT2D eigenvalue weighted by molar-refractivity contribution is 5.38. The lowest BCUT2D eigenvalue weighted by molar-refractivity contribution is 0.844. The Morgan fingerprint density at radius 2 is 1.85 bits per heavy atom. The van der Waals surface area contributed by atoms with Crippen molar-refractivity contribution in [2.75, 3.05) is 18.0 Å². The maximum Gasteiger partial charge on any atom is 0.128 e. The van der Waals surface area contributed by atoms with Crippen LogP contribution in [-0.4, -0.2) is 18.1 Å². The molecule has 13 heavy (non-hydrogen) atoms. The zero-order chi connectivity index (χ0) is 9.68. The molecule has 0 aromatic carbocycles. The SMILES string of the molecule is CCc1ccc(N(CC)CC)nc1. The molecule has 0 aliphatic rings. The lowest BCUT2D eigenvalue weighted by atomic mass is 10.2. The Kier molecular flexibility index (Phi) is 3.74. The van der Waals surface area contributed by atoms with Crippen molar-refractivity contribution in [2.45, 2.75) is 27.2 Å². The molecule has 0 unspecified atom stereocenters. The topological polar surface area (TPSA) is 16.1 Å². The molecule has 0 fully saturated rings. The Morgan fingerprint density at radius 3 is 2.23 bits per heavy atom. The molecular weight excluding hydrogens is 160 g/mol. The van der Waals surface area contributed by atoms with Gasteiger partial charge in [0.25, 0.3) is 0 Å². The van der Waals surface area contributed by atoms with Crippen LogP contribution in [0, 0.1) is 0 Å². The zero-order valence-electron chi connectivity index (χ0n) is 8.75. The van der Waals surface area contributed by atoms with Gasteiger partial charge in [0, 0.05) is 19.3 Å². The monoisotopic (exact) mass is 178 g/mol. The van der Waals surface area contributed by atoms with Crippen LogP contribution in [0.4, 0.5) is 5.82 Å². The Labute approximate surface area is 80.6 Å². The first-order valence-electron chi connectivity index (χ1n) is 5.01. The van der Waals surface area contributed by atoms with E-state index < -0.39 is 0 Å². The molecule has 0 saturated carbocycles. The Balaban J connectivity index is 2.78. The Hall–Kier alpha value is -1.05. The molecule has 2 nitrogen and oxygen atoms in total. The molecule has 2 heteroatoms. The summed E-state index contributed by atoms with van der Waals surface area (Å²) in [6.07, 6.45) is 3.03. The van der Waals surface area contributed by atoms with Crippen LogP contribution in [0.1, 0.15) is 26.3 Å². The second-order valence-electron chi connectivity index (χ2n) is 3.05. The molecule has 0 amide bonds. The van der Waals surface area contributed by atoms with Crippen LogP contribution in [0.5, 0.6) is 0 Å². The van der Waals surface area contributed by atoms with Gasteiger partial charge >= 0.3 is 0 Å². The van der Waals surface area contributed by atoms with Crippen LogP contribution in [0.3, 0.4) is 0 Å². The standard InChI is InChI=1S/C11H18N2/c1-4-10-7-8-11(12-9-10)13(5-2)6-3/h7-9H,4-6H2,1-3H3. The summed E-state index contributed by atoms with van der Waals surface area (Å²) >= 11 is 0. The number of hydrogen-bond acceptors (Lipinski definition) is 2. The molecular formula is C11H18N2. The normalized spacial score (nSPS) is 10.1. The number of hydrogen-bond donors (Lipinski definition) is 0. The molecule has 72 valence electrons. The van der Waals surface area contributed by atoms with E-state index in [1.165, 1.54) is 5.56 Å².